The second-order valence-electron chi connectivity index (χ2n) is 12.4. The zero-order valence-corrected chi connectivity index (χ0v) is 29.3. The van der Waals surface area contributed by atoms with Gasteiger partial charge in [-0.2, -0.15) is 0 Å². The number of rotatable bonds is 5. The van der Waals surface area contributed by atoms with E-state index in [0.717, 1.165) is 5.57 Å². The molecule has 47 heavy (non-hydrogen) atoms. The fraction of sp³-hybridized carbons (Fsp3) is 0.576. The Morgan fingerprint density at radius 3 is 2.49 bits per heavy atom. The Morgan fingerprint density at radius 2 is 1.89 bits per heavy atom. The van der Waals surface area contributed by atoms with Crippen molar-refractivity contribution in [3.63, 3.8) is 0 Å². The lowest BCUT2D eigenvalue weighted by atomic mass is 9.92. The van der Waals surface area contributed by atoms with E-state index in [1.807, 2.05) is 6.92 Å². The summed E-state index contributed by atoms with van der Waals surface area (Å²) < 4.78 is 28.9. The molecule has 3 amide bonds. The van der Waals surface area contributed by atoms with Crippen molar-refractivity contribution in [3.05, 3.63) is 40.9 Å². The van der Waals surface area contributed by atoms with Crippen molar-refractivity contribution in [1.29, 1.82) is 0 Å². The fourth-order valence-corrected chi connectivity index (χ4v) is 5.70. The molecule has 3 rings (SSSR count). The second kappa shape index (κ2) is 15.1. The molecule has 0 spiro atoms. The summed E-state index contributed by atoms with van der Waals surface area (Å²) in [5, 5.41) is 14.3. The molecule has 4 bridgehead atoms. The van der Waals surface area contributed by atoms with Crippen LogP contribution in [0.2, 0.25) is 5.02 Å². The quantitative estimate of drug-likeness (QED) is 0.439. The molecule has 6 atom stereocenters. The van der Waals surface area contributed by atoms with Gasteiger partial charge in [0.05, 0.1) is 25.3 Å². The van der Waals surface area contributed by atoms with Gasteiger partial charge >= 0.3 is 12.1 Å². The maximum Gasteiger partial charge on any atom is 0.409 e. The highest BCUT2D eigenvalue weighted by Gasteiger charge is 2.48. The lowest BCUT2D eigenvalue weighted by Crippen LogP contribution is -2.64. The van der Waals surface area contributed by atoms with E-state index in [9.17, 15) is 24.3 Å². The van der Waals surface area contributed by atoms with E-state index in [0.29, 0.717) is 17.0 Å². The fourth-order valence-electron chi connectivity index (χ4n) is 5.38. The second-order valence-corrected chi connectivity index (χ2v) is 12.8. The van der Waals surface area contributed by atoms with Gasteiger partial charge in [0.15, 0.2) is 5.72 Å². The Labute approximate surface area is 280 Å². The SMILES string of the molecule is COc1cc2cc(c1Cl)N(C)C(=O)C[C@H](OC(=O)[C@@H](C)N(C)C(C)=O)C(C)(C)OC(C)[C@@H]1C[C@@](O)(NC(=O)O1)[C@H](OC)/C=C/C=C/2C. The van der Waals surface area contributed by atoms with Crippen LogP contribution in [0.25, 0.3) is 5.57 Å². The first-order valence-electron chi connectivity index (χ1n) is 15.2. The van der Waals surface area contributed by atoms with Gasteiger partial charge in [-0.1, -0.05) is 29.8 Å². The number of hydrogen-bond acceptors (Lipinski definition) is 10. The molecule has 1 fully saturated rings. The molecule has 0 saturated carbocycles. The number of amides is 3. The Balaban J connectivity index is 2.18. The van der Waals surface area contributed by atoms with Crippen LogP contribution in [0.3, 0.4) is 0 Å². The van der Waals surface area contributed by atoms with Crippen molar-refractivity contribution in [1.82, 2.24) is 10.2 Å². The minimum atomic E-state index is -1.87. The van der Waals surface area contributed by atoms with E-state index >= 15 is 0 Å². The summed E-state index contributed by atoms with van der Waals surface area (Å²) in [5.41, 5.74) is -1.44. The molecule has 14 heteroatoms. The molecule has 2 N–H and O–H groups in total. The third-order valence-corrected chi connectivity index (χ3v) is 9.08. The summed E-state index contributed by atoms with van der Waals surface area (Å²) in [6, 6.07) is 2.49. The van der Waals surface area contributed by atoms with Crippen molar-refractivity contribution >= 4 is 46.7 Å². The first-order valence-corrected chi connectivity index (χ1v) is 15.6. The van der Waals surface area contributed by atoms with E-state index in [1.165, 1.54) is 44.9 Å². The molecule has 0 aliphatic carbocycles. The van der Waals surface area contributed by atoms with Gasteiger partial charge in [0.1, 0.15) is 40.7 Å². The Hall–Kier alpha value is -3.65. The summed E-state index contributed by atoms with van der Waals surface area (Å²) >= 11 is 6.69. The summed E-state index contributed by atoms with van der Waals surface area (Å²) in [5.74, 6) is -1.24. The van der Waals surface area contributed by atoms with E-state index in [4.69, 9.17) is 35.3 Å². The normalized spacial score (nSPS) is 29.1. The molecule has 0 radical (unpaired) electrons. The predicted molar refractivity (Wildman–Crippen MR) is 175 cm³/mol. The number of nitrogens with zero attached hydrogens (tertiary/aromatic N) is 2. The van der Waals surface area contributed by atoms with Gasteiger partial charge in [-0.3, -0.25) is 14.9 Å². The van der Waals surface area contributed by atoms with Crippen LogP contribution >= 0.6 is 11.6 Å². The number of likely N-dealkylation sites (N-methyl/N-ethyl adjacent to an activating group) is 1. The molecule has 2 aliphatic rings. The van der Waals surface area contributed by atoms with Crippen LogP contribution in [-0.2, 0) is 33.3 Å². The van der Waals surface area contributed by atoms with Gasteiger partial charge in [-0.25, -0.2) is 9.59 Å². The monoisotopic (exact) mass is 679 g/mol. The lowest BCUT2D eigenvalue weighted by Gasteiger charge is -2.44. The van der Waals surface area contributed by atoms with Crippen molar-refractivity contribution in [3.8, 4) is 5.75 Å². The van der Waals surface area contributed by atoms with E-state index in [-0.39, 0.29) is 23.8 Å². The number of anilines is 1. The number of carbonyl (C=O) groups is 4. The Morgan fingerprint density at radius 1 is 1.23 bits per heavy atom. The van der Waals surface area contributed by atoms with Crippen LogP contribution in [0.4, 0.5) is 10.5 Å². The molecule has 13 nitrogen and oxygen atoms in total. The number of halogens is 1. The summed E-state index contributed by atoms with van der Waals surface area (Å²) in [6.07, 6.45) is -0.271. The smallest absolute Gasteiger partial charge is 0.409 e. The third kappa shape index (κ3) is 8.64. The summed E-state index contributed by atoms with van der Waals surface area (Å²) in [7, 11) is 5.88. The van der Waals surface area contributed by atoms with Crippen LogP contribution in [0.15, 0.2) is 30.4 Å². The summed E-state index contributed by atoms with van der Waals surface area (Å²) in [4.78, 5) is 54.5. The largest absolute Gasteiger partial charge is 0.495 e. The van der Waals surface area contributed by atoms with Crippen LogP contribution in [-0.4, -0.2) is 104 Å². The summed E-state index contributed by atoms with van der Waals surface area (Å²) in [6.45, 7) is 9.58. The minimum Gasteiger partial charge on any atom is -0.495 e. The highest BCUT2D eigenvalue weighted by molar-refractivity contribution is 6.35. The maximum atomic E-state index is 13.9. The minimum absolute atomic E-state index is 0.119. The molecule has 1 saturated heterocycles. The number of ether oxygens (including phenoxy) is 5. The number of fused-ring (bicyclic) bond motifs is 4. The van der Waals surface area contributed by atoms with Crippen LogP contribution < -0.4 is 15.0 Å². The zero-order valence-electron chi connectivity index (χ0n) is 28.6. The molecule has 2 heterocycles. The number of hydrogen-bond donors (Lipinski definition) is 2. The standard InChI is InChI=1S/C33H46ClN3O10/c1-18-12-11-13-26(44-10)33(42)17-25(45-31(41)35-33)20(3)47-32(5,6)27(46-30(40)19(2)36(7)21(4)38)16-28(39)37(8)23-14-22(18)15-24(43-9)29(23)34/h11-15,19-20,25-27,42H,16-17H2,1-10H3,(H,35,41)/b13-11+,18-12+/t19-,20?,25+,26-,27+,33+/m1/s1. The number of alkyl carbamates (subject to hydrolysis) is 1. The molecule has 1 unspecified atom stereocenters. The molecule has 1 aromatic carbocycles. The molecule has 260 valence electrons. The van der Waals surface area contributed by atoms with Crippen molar-refractivity contribution in [2.24, 2.45) is 0 Å². The van der Waals surface area contributed by atoms with Gasteiger partial charge in [0.2, 0.25) is 11.8 Å². The molecular weight excluding hydrogens is 634 g/mol. The molecular formula is C33H46ClN3O10. The Kier molecular flexibility index (Phi) is 12.1. The number of methoxy groups -OCH3 is 2. The van der Waals surface area contributed by atoms with Crippen molar-refractivity contribution < 1.29 is 48.0 Å². The average Bonchev–Trinajstić information content (AvgIpc) is 3.00. The molecule has 2 aliphatic heterocycles. The van der Waals surface area contributed by atoms with Crippen LogP contribution in [0.1, 0.15) is 59.9 Å². The lowest BCUT2D eigenvalue weighted by molar-refractivity contribution is -0.203. The third-order valence-electron chi connectivity index (χ3n) is 8.70. The number of esters is 1. The topological polar surface area (TPSA) is 153 Å². The number of aliphatic hydroxyl groups is 1. The van der Waals surface area contributed by atoms with Gasteiger partial charge in [0, 0.05) is 34.5 Å². The number of benzene rings is 1. The van der Waals surface area contributed by atoms with E-state index in [1.54, 1.807) is 58.2 Å². The van der Waals surface area contributed by atoms with Crippen LogP contribution in [0, 0.1) is 0 Å². The number of carbonyl (C=O) groups excluding carboxylic acids is 4. The van der Waals surface area contributed by atoms with Crippen LogP contribution in [0.5, 0.6) is 5.75 Å². The van der Waals surface area contributed by atoms with Gasteiger partial charge in [-0.05, 0) is 57.9 Å². The first-order chi connectivity index (χ1) is 21.8. The van der Waals surface area contributed by atoms with E-state index in [2.05, 4.69) is 5.32 Å². The number of allylic oxidation sites excluding steroid dienone is 3. The highest BCUT2D eigenvalue weighted by atomic mass is 35.5. The maximum absolute atomic E-state index is 13.9. The predicted octanol–water partition coefficient (Wildman–Crippen LogP) is 3.84. The zero-order chi connectivity index (χ0) is 35.4. The first kappa shape index (κ1) is 37.8. The van der Waals surface area contributed by atoms with E-state index < -0.39 is 59.8 Å². The van der Waals surface area contributed by atoms with Gasteiger partial charge < -0.3 is 38.6 Å². The number of nitrogens with one attached hydrogen (secondary N) is 1. The van der Waals surface area contributed by atoms with Crippen molar-refractivity contribution in [2.45, 2.75) is 96.2 Å². The van der Waals surface area contributed by atoms with Crippen molar-refractivity contribution in [2.75, 3.05) is 33.2 Å². The highest BCUT2D eigenvalue weighted by Crippen LogP contribution is 2.39. The Bertz CT molecular complexity index is 1430. The van der Waals surface area contributed by atoms with Gasteiger partial charge in [0.25, 0.3) is 0 Å². The molecule has 1 aromatic rings. The van der Waals surface area contributed by atoms with Gasteiger partial charge in [-0.15, -0.1) is 0 Å². The molecule has 0 aromatic heterocycles. The average molecular weight is 680 g/mol.